The van der Waals surface area contributed by atoms with Crippen LogP contribution in [-0.4, -0.2) is 32.5 Å². The van der Waals surface area contributed by atoms with E-state index in [2.05, 4.69) is 10.4 Å². The van der Waals surface area contributed by atoms with Crippen LogP contribution in [-0.2, 0) is 5.54 Å². The van der Waals surface area contributed by atoms with Crippen molar-refractivity contribution in [1.82, 2.24) is 15.1 Å². The van der Waals surface area contributed by atoms with Crippen LogP contribution in [0.25, 0.3) is 0 Å². The summed E-state index contributed by atoms with van der Waals surface area (Å²) in [4.78, 5) is 12.5. The number of phenolic OH excluding ortho intramolecular Hbond substituents is 1. The molecule has 1 heterocycles. The number of amides is 1. The van der Waals surface area contributed by atoms with Crippen LogP contribution in [0.4, 0.5) is 0 Å². The minimum absolute atomic E-state index is 0.141. The number of benzene rings is 1. The van der Waals surface area contributed by atoms with Crippen molar-refractivity contribution in [3.8, 4) is 5.75 Å². The maximum absolute atomic E-state index is 12.5. The molecular formula is C17H21N3O3. The summed E-state index contributed by atoms with van der Waals surface area (Å²) in [5, 5.41) is 26.2. The number of carbonyl (C=O) groups is 1. The molecule has 1 atom stereocenters. The van der Waals surface area contributed by atoms with Gasteiger partial charge in [-0.3, -0.25) is 9.48 Å². The van der Waals surface area contributed by atoms with Crippen molar-refractivity contribution in [3.05, 3.63) is 47.8 Å². The van der Waals surface area contributed by atoms with Crippen LogP contribution < -0.4 is 5.32 Å². The van der Waals surface area contributed by atoms with E-state index in [4.69, 9.17) is 0 Å². The van der Waals surface area contributed by atoms with E-state index in [1.807, 2.05) is 4.68 Å². The molecule has 1 aliphatic carbocycles. The quantitative estimate of drug-likeness (QED) is 0.787. The van der Waals surface area contributed by atoms with Crippen molar-refractivity contribution in [2.75, 3.05) is 6.61 Å². The Balaban J connectivity index is 1.76. The number of hydrogen-bond acceptors (Lipinski definition) is 4. The summed E-state index contributed by atoms with van der Waals surface area (Å²) in [7, 11) is 0. The van der Waals surface area contributed by atoms with Gasteiger partial charge in [-0.1, -0.05) is 12.1 Å². The lowest BCUT2D eigenvalue weighted by Gasteiger charge is -2.29. The molecule has 23 heavy (non-hydrogen) atoms. The van der Waals surface area contributed by atoms with E-state index in [-0.39, 0.29) is 18.3 Å². The highest BCUT2D eigenvalue weighted by molar-refractivity contribution is 5.94. The van der Waals surface area contributed by atoms with Gasteiger partial charge in [-0.05, 0) is 43.9 Å². The number of nitrogens with zero attached hydrogens (tertiary/aromatic N) is 2. The van der Waals surface area contributed by atoms with E-state index in [9.17, 15) is 15.0 Å². The number of rotatable bonds is 5. The van der Waals surface area contributed by atoms with Gasteiger partial charge in [0.05, 0.1) is 29.9 Å². The van der Waals surface area contributed by atoms with E-state index < -0.39 is 5.54 Å². The highest BCUT2D eigenvalue weighted by Gasteiger charge is 2.29. The van der Waals surface area contributed by atoms with E-state index in [0.717, 1.165) is 18.4 Å². The van der Waals surface area contributed by atoms with E-state index >= 15 is 0 Å². The lowest BCUT2D eigenvalue weighted by atomic mass is 9.92. The maximum atomic E-state index is 12.5. The minimum atomic E-state index is -0.927. The molecule has 0 saturated heterocycles. The third kappa shape index (κ3) is 3.07. The summed E-state index contributed by atoms with van der Waals surface area (Å²) in [6, 6.07) is 6.83. The zero-order valence-electron chi connectivity index (χ0n) is 13.1. The molecule has 1 unspecified atom stereocenters. The number of phenols is 1. The molecule has 1 aliphatic rings. The highest BCUT2D eigenvalue weighted by atomic mass is 16.3. The molecule has 122 valence electrons. The number of carbonyl (C=O) groups excluding carboxylic acids is 1. The third-order valence-electron chi connectivity index (χ3n) is 4.52. The predicted molar refractivity (Wildman–Crippen MR) is 85.1 cm³/mol. The molecule has 3 N–H and O–H groups in total. The van der Waals surface area contributed by atoms with E-state index in [0.29, 0.717) is 11.6 Å². The summed E-state index contributed by atoms with van der Waals surface area (Å²) in [6.07, 6.45) is 6.72. The average Bonchev–Trinajstić information content (AvgIpc) is 2.95. The first-order chi connectivity index (χ1) is 11.0. The minimum Gasteiger partial charge on any atom is -0.508 e. The Hall–Kier alpha value is -2.34. The molecular weight excluding hydrogens is 294 g/mol. The summed E-state index contributed by atoms with van der Waals surface area (Å²) >= 11 is 0. The van der Waals surface area contributed by atoms with E-state index in [1.54, 1.807) is 31.5 Å². The molecule has 6 heteroatoms. The van der Waals surface area contributed by atoms with Crippen molar-refractivity contribution in [3.63, 3.8) is 0 Å². The van der Waals surface area contributed by atoms with E-state index in [1.165, 1.54) is 18.6 Å². The van der Waals surface area contributed by atoms with Gasteiger partial charge in [0.15, 0.2) is 0 Å². The second kappa shape index (κ2) is 6.04. The van der Waals surface area contributed by atoms with Gasteiger partial charge in [0, 0.05) is 6.20 Å². The molecule has 1 amide bonds. The molecule has 0 bridgehead atoms. The van der Waals surface area contributed by atoms with Crippen LogP contribution in [0.3, 0.4) is 0 Å². The normalized spacial score (nSPS) is 17.3. The Bertz CT molecular complexity index is 691. The standard InChI is InChI=1S/C17H21N3O3/c1-17(11-21,13-5-7-15(22)8-6-13)19-16(23)12-9-18-20(10-12)14-3-2-4-14/h5-10,14,21-22H,2-4,11H2,1H3,(H,19,23). The molecule has 6 nitrogen and oxygen atoms in total. The number of aliphatic hydroxyl groups excluding tert-OH is 1. The van der Waals surface area contributed by atoms with Crippen LogP contribution in [0.1, 0.15) is 48.1 Å². The van der Waals surface area contributed by atoms with Crippen LogP contribution in [0, 0.1) is 0 Å². The Labute approximate surface area is 134 Å². The molecule has 1 saturated carbocycles. The number of aromatic nitrogens is 2. The van der Waals surface area contributed by atoms with Crippen LogP contribution in [0.2, 0.25) is 0 Å². The molecule has 3 rings (SSSR count). The monoisotopic (exact) mass is 315 g/mol. The highest BCUT2D eigenvalue weighted by Crippen LogP contribution is 2.31. The fourth-order valence-electron chi connectivity index (χ4n) is 2.66. The van der Waals surface area contributed by atoms with Gasteiger partial charge in [-0.2, -0.15) is 5.10 Å². The van der Waals surface area contributed by atoms with Crippen molar-refractivity contribution in [1.29, 1.82) is 0 Å². The number of aromatic hydroxyl groups is 1. The number of hydrogen-bond donors (Lipinski definition) is 3. The van der Waals surface area contributed by atoms with Gasteiger partial charge in [0.1, 0.15) is 5.75 Å². The topological polar surface area (TPSA) is 87.4 Å². The molecule has 1 aromatic heterocycles. The summed E-state index contributed by atoms with van der Waals surface area (Å²) in [6.45, 7) is 1.49. The van der Waals surface area contributed by atoms with Crippen LogP contribution >= 0.6 is 0 Å². The third-order valence-corrected chi connectivity index (χ3v) is 4.52. The van der Waals surface area contributed by atoms with Crippen molar-refractivity contribution in [2.24, 2.45) is 0 Å². The van der Waals surface area contributed by atoms with Crippen LogP contribution in [0.15, 0.2) is 36.7 Å². The maximum Gasteiger partial charge on any atom is 0.255 e. The van der Waals surface area contributed by atoms with Crippen molar-refractivity contribution in [2.45, 2.75) is 37.8 Å². The molecule has 0 radical (unpaired) electrons. The SMILES string of the molecule is CC(CO)(NC(=O)c1cnn(C2CCC2)c1)c1ccc(O)cc1. The molecule has 1 fully saturated rings. The smallest absolute Gasteiger partial charge is 0.255 e. The Morgan fingerprint density at radius 2 is 2.09 bits per heavy atom. The summed E-state index contributed by atoms with van der Waals surface area (Å²) < 4.78 is 1.84. The fourth-order valence-corrected chi connectivity index (χ4v) is 2.66. The zero-order valence-corrected chi connectivity index (χ0v) is 13.1. The van der Waals surface area contributed by atoms with Gasteiger partial charge >= 0.3 is 0 Å². The van der Waals surface area contributed by atoms with Gasteiger partial charge in [-0.15, -0.1) is 0 Å². The van der Waals surface area contributed by atoms with Crippen molar-refractivity contribution >= 4 is 5.91 Å². The van der Waals surface area contributed by atoms with Gasteiger partial charge in [-0.25, -0.2) is 0 Å². The molecule has 0 aliphatic heterocycles. The molecule has 2 aromatic rings. The first-order valence-corrected chi connectivity index (χ1v) is 7.79. The van der Waals surface area contributed by atoms with Crippen molar-refractivity contribution < 1.29 is 15.0 Å². The Kier molecular flexibility index (Phi) is 4.09. The average molecular weight is 315 g/mol. The lowest BCUT2D eigenvalue weighted by Crippen LogP contribution is -2.46. The molecule has 1 aromatic carbocycles. The Morgan fingerprint density at radius 1 is 1.39 bits per heavy atom. The predicted octanol–water partition coefficient (Wildman–Crippen LogP) is 1.95. The summed E-state index contributed by atoms with van der Waals surface area (Å²) in [5.74, 6) is -0.137. The lowest BCUT2D eigenvalue weighted by molar-refractivity contribution is 0.0849. The van der Waals surface area contributed by atoms with Crippen LogP contribution in [0.5, 0.6) is 5.75 Å². The van der Waals surface area contributed by atoms with Gasteiger partial charge in [0.25, 0.3) is 5.91 Å². The van der Waals surface area contributed by atoms with Gasteiger partial charge < -0.3 is 15.5 Å². The first-order valence-electron chi connectivity index (χ1n) is 7.79. The zero-order chi connectivity index (χ0) is 16.4. The molecule has 0 spiro atoms. The summed E-state index contributed by atoms with van der Waals surface area (Å²) in [5.41, 5.74) is 0.275. The largest absolute Gasteiger partial charge is 0.508 e. The second-order valence-electron chi connectivity index (χ2n) is 6.28. The number of nitrogens with one attached hydrogen (secondary N) is 1. The Morgan fingerprint density at radius 3 is 2.65 bits per heavy atom. The first kappa shape index (κ1) is 15.6. The van der Waals surface area contributed by atoms with Gasteiger partial charge in [0.2, 0.25) is 0 Å². The fraction of sp³-hybridized carbons (Fsp3) is 0.412. The number of aliphatic hydroxyl groups is 1. The second-order valence-corrected chi connectivity index (χ2v) is 6.28.